The number of nitrogens with zero attached hydrogens (tertiary/aromatic N) is 1. The Kier molecular flexibility index (Phi) is 4.86. The number of aromatic amines is 1. The van der Waals surface area contributed by atoms with E-state index in [-0.39, 0.29) is 12.1 Å². The molecule has 2 amide bonds. The first-order valence-corrected chi connectivity index (χ1v) is 10.5. The van der Waals surface area contributed by atoms with Crippen LogP contribution < -0.4 is 10.1 Å². The summed E-state index contributed by atoms with van der Waals surface area (Å²) in [6.45, 7) is 2.64. The average Bonchev–Trinajstić information content (AvgIpc) is 3.19. The molecule has 0 saturated carbocycles. The molecule has 5 nitrogen and oxygen atoms in total. The molecule has 0 fully saturated rings. The van der Waals surface area contributed by atoms with Crippen LogP contribution in [0.25, 0.3) is 10.9 Å². The normalized spacial score (nSPS) is 15.5. The van der Waals surface area contributed by atoms with Crippen LogP contribution in [0.3, 0.4) is 0 Å². The minimum Gasteiger partial charge on any atom is -0.497 e. The zero-order valence-corrected chi connectivity index (χ0v) is 17.7. The number of amides is 2. The van der Waals surface area contributed by atoms with Gasteiger partial charge in [0.1, 0.15) is 5.75 Å². The van der Waals surface area contributed by atoms with Crippen molar-refractivity contribution in [2.75, 3.05) is 19.0 Å². The molecule has 0 bridgehead atoms. The maximum atomic E-state index is 13.4. The van der Waals surface area contributed by atoms with E-state index < -0.39 is 0 Å². The van der Waals surface area contributed by atoms with Crippen molar-refractivity contribution >= 4 is 22.6 Å². The molecule has 1 aliphatic heterocycles. The SMILES string of the molecule is COc1ccc([C@H]2c3[nH]c4ccccc4c3CCN2C(=O)Nc2ccccc2C)cc1. The number of aromatic nitrogens is 1. The van der Waals surface area contributed by atoms with E-state index in [9.17, 15) is 4.79 Å². The summed E-state index contributed by atoms with van der Waals surface area (Å²) in [5, 5.41) is 4.35. The number of anilines is 1. The number of para-hydroxylation sites is 2. The van der Waals surface area contributed by atoms with Gasteiger partial charge in [0, 0.05) is 28.8 Å². The molecule has 5 heteroatoms. The molecule has 4 aromatic rings. The molecule has 1 aromatic heterocycles. The van der Waals surface area contributed by atoms with Gasteiger partial charge in [-0.15, -0.1) is 0 Å². The Balaban J connectivity index is 1.58. The summed E-state index contributed by atoms with van der Waals surface area (Å²) in [6, 6.07) is 23.9. The van der Waals surface area contributed by atoms with Crippen LogP contribution >= 0.6 is 0 Å². The van der Waals surface area contributed by atoms with Crippen LogP contribution in [0.15, 0.2) is 72.8 Å². The Hall–Kier alpha value is -3.73. The van der Waals surface area contributed by atoms with Crippen LogP contribution in [0.4, 0.5) is 10.5 Å². The van der Waals surface area contributed by atoms with Gasteiger partial charge in [-0.1, -0.05) is 48.5 Å². The number of rotatable bonds is 3. The quantitative estimate of drug-likeness (QED) is 0.457. The third kappa shape index (κ3) is 3.42. The Morgan fingerprint density at radius 1 is 1.03 bits per heavy atom. The molecule has 0 saturated heterocycles. The van der Waals surface area contributed by atoms with E-state index in [1.807, 2.05) is 66.4 Å². The van der Waals surface area contributed by atoms with Crippen LogP contribution in [-0.2, 0) is 6.42 Å². The average molecular weight is 412 g/mol. The van der Waals surface area contributed by atoms with Crippen molar-refractivity contribution in [1.29, 1.82) is 0 Å². The van der Waals surface area contributed by atoms with Crippen molar-refractivity contribution in [2.45, 2.75) is 19.4 Å². The molecule has 1 atom stereocenters. The highest BCUT2D eigenvalue weighted by Gasteiger charge is 2.34. The largest absolute Gasteiger partial charge is 0.497 e. The summed E-state index contributed by atoms with van der Waals surface area (Å²) in [7, 11) is 1.66. The van der Waals surface area contributed by atoms with Crippen molar-refractivity contribution in [3.8, 4) is 5.75 Å². The highest BCUT2D eigenvalue weighted by molar-refractivity contribution is 5.92. The van der Waals surface area contributed by atoms with E-state index in [1.165, 1.54) is 10.9 Å². The lowest BCUT2D eigenvalue weighted by Gasteiger charge is -2.36. The zero-order chi connectivity index (χ0) is 21.4. The van der Waals surface area contributed by atoms with Gasteiger partial charge < -0.3 is 19.9 Å². The lowest BCUT2D eigenvalue weighted by molar-refractivity contribution is 0.193. The zero-order valence-electron chi connectivity index (χ0n) is 17.7. The molecule has 0 spiro atoms. The number of nitrogens with one attached hydrogen (secondary N) is 2. The molecule has 3 aromatic carbocycles. The van der Waals surface area contributed by atoms with Crippen molar-refractivity contribution in [2.24, 2.45) is 0 Å². The number of hydrogen-bond donors (Lipinski definition) is 2. The summed E-state index contributed by atoms with van der Waals surface area (Å²) in [6.07, 6.45) is 0.813. The van der Waals surface area contributed by atoms with Crippen LogP contribution in [0, 0.1) is 6.92 Å². The van der Waals surface area contributed by atoms with Gasteiger partial charge in [0.15, 0.2) is 0 Å². The predicted octanol–water partition coefficient (Wildman–Crippen LogP) is 5.66. The molecule has 0 aliphatic carbocycles. The Labute approximate surface area is 181 Å². The number of urea groups is 1. The van der Waals surface area contributed by atoms with E-state index >= 15 is 0 Å². The number of carbonyl (C=O) groups is 1. The maximum absolute atomic E-state index is 13.4. The standard InChI is InChI=1S/C26H25N3O2/c1-17-7-3-5-9-22(17)28-26(30)29-16-15-21-20-8-4-6-10-23(20)27-24(21)25(29)18-11-13-19(31-2)14-12-18/h3-14,25,27H,15-16H2,1-2H3,(H,28,30)/t25-/m0/s1. The van der Waals surface area contributed by atoms with Gasteiger partial charge in [-0.25, -0.2) is 4.79 Å². The van der Waals surface area contributed by atoms with Gasteiger partial charge in [-0.05, 0) is 54.3 Å². The second-order valence-electron chi connectivity index (χ2n) is 7.93. The number of carbonyl (C=O) groups excluding carboxylic acids is 1. The molecule has 0 radical (unpaired) electrons. The van der Waals surface area contributed by atoms with E-state index in [2.05, 4.69) is 28.5 Å². The van der Waals surface area contributed by atoms with E-state index in [4.69, 9.17) is 4.74 Å². The first-order chi connectivity index (χ1) is 15.2. The number of hydrogen-bond acceptors (Lipinski definition) is 2. The fourth-order valence-corrected chi connectivity index (χ4v) is 4.49. The van der Waals surface area contributed by atoms with Gasteiger partial charge in [0.25, 0.3) is 0 Å². The first-order valence-electron chi connectivity index (χ1n) is 10.5. The molecule has 31 heavy (non-hydrogen) atoms. The van der Waals surface area contributed by atoms with Gasteiger partial charge in [0.2, 0.25) is 0 Å². The van der Waals surface area contributed by atoms with Gasteiger partial charge in [-0.3, -0.25) is 0 Å². The minimum atomic E-state index is -0.203. The number of aryl methyl sites for hydroxylation is 1. The number of benzene rings is 3. The Morgan fingerprint density at radius 3 is 2.55 bits per heavy atom. The highest BCUT2D eigenvalue weighted by atomic mass is 16.5. The second-order valence-corrected chi connectivity index (χ2v) is 7.93. The number of methoxy groups -OCH3 is 1. The molecule has 0 unspecified atom stereocenters. The number of ether oxygens (including phenoxy) is 1. The first kappa shape index (κ1) is 19.2. The van der Waals surface area contributed by atoms with Gasteiger partial charge >= 0.3 is 6.03 Å². The van der Waals surface area contributed by atoms with Crippen LogP contribution in [0.2, 0.25) is 0 Å². The summed E-state index contributed by atoms with van der Waals surface area (Å²) < 4.78 is 5.34. The van der Waals surface area contributed by atoms with Crippen molar-refractivity contribution in [3.05, 3.63) is 95.2 Å². The van der Waals surface area contributed by atoms with E-state index in [0.29, 0.717) is 6.54 Å². The predicted molar refractivity (Wildman–Crippen MR) is 124 cm³/mol. The molecule has 156 valence electrons. The lowest BCUT2D eigenvalue weighted by Crippen LogP contribution is -2.43. The van der Waals surface area contributed by atoms with E-state index in [0.717, 1.165) is 40.2 Å². The van der Waals surface area contributed by atoms with Crippen molar-refractivity contribution in [3.63, 3.8) is 0 Å². The van der Waals surface area contributed by atoms with Crippen LogP contribution in [-0.4, -0.2) is 29.6 Å². The molecule has 2 heterocycles. The Bertz CT molecular complexity index is 1240. The minimum absolute atomic E-state index is 0.0978. The maximum Gasteiger partial charge on any atom is 0.322 e. The summed E-state index contributed by atoms with van der Waals surface area (Å²) >= 11 is 0. The molecular formula is C26H25N3O2. The lowest BCUT2D eigenvalue weighted by atomic mass is 9.92. The second kappa shape index (κ2) is 7.84. The fraction of sp³-hybridized carbons (Fsp3) is 0.192. The van der Waals surface area contributed by atoms with Gasteiger partial charge in [-0.2, -0.15) is 0 Å². The topological polar surface area (TPSA) is 57.4 Å². The molecule has 1 aliphatic rings. The molecule has 2 N–H and O–H groups in total. The van der Waals surface area contributed by atoms with Crippen molar-refractivity contribution in [1.82, 2.24) is 9.88 Å². The summed E-state index contributed by atoms with van der Waals surface area (Å²) in [4.78, 5) is 19.0. The monoisotopic (exact) mass is 411 g/mol. The number of H-pyrrole nitrogens is 1. The van der Waals surface area contributed by atoms with Crippen molar-refractivity contribution < 1.29 is 9.53 Å². The third-order valence-electron chi connectivity index (χ3n) is 6.11. The summed E-state index contributed by atoms with van der Waals surface area (Å²) in [5.41, 5.74) is 6.40. The Morgan fingerprint density at radius 2 is 1.77 bits per heavy atom. The van der Waals surface area contributed by atoms with Crippen LogP contribution in [0.5, 0.6) is 5.75 Å². The smallest absolute Gasteiger partial charge is 0.322 e. The summed E-state index contributed by atoms with van der Waals surface area (Å²) in [5.74, 6) is 0.798. The highest BCUT2D eigenvalue weighted by Crippen LogP contribution is 2.39. The molecule has 5 rings (SSSR count). The fourth-order valence-electron chi connectivity index (χ4n) is 4.49. The third-order valence-corrected chi connectivity index (χ3v) is 6.11. The van der Waals surface area contributed by atoms with Gasteiger partial charge in [0.05, 0.1) is 13.2 Å². The van der Waals surface area contributed by atoms with E-state index in [1.54, 1.807) is 7.11 Å². The molecular weight excluding hydrogens is 386 g/mol. The number of fused-ring (bicyclic) bond motifs is 3. The van der Waals surface area contributed by atoms with Crippen LogP contribution in [0.1, 0.15) is 28.4 Å².